The maximum atomic E-state index is 12.2. The molecule has 1 aromatic heterocycles. The van der Waals surface area contributed by atoms with Gasteiger partial charge in [-0.05, 0) is 29.8 Å². The fourth-order valence-electron chi connectivity index (χ4n) is 1.92. The molecule has 6 heteroatoms. The second kappa shape index (κ2) is 6.99. The lowest BCUT2D eigenvalue weighted by molar-refractivity contribution is -0.0512. The van der Waals surface area contributed by atoms with Crippen molar-refractivity contribution in [2.45, 2.75) is 19.1 Å². The zero-order valence-electron chi connectivity index (χ0n) is 11.4. The number of aromatic nitrogens is 1. The van der Waals surface area contributed by atoms with Crippen LogP contribution in [0.2, 0.25) is 0 Å². The zero-order chi connectivity index (χ0) is 15.2. The summed E-state index contributed by atoms with van der Waals surface area (Å²) in [5, 5.41) is 10.2. The molecule has 0 spiro atoms. The molecule has 21 heavy (non-hydrogen) atoms. The van der Waals surface area contributed by atoms with Crippen LogP contribution in [0, 0.1) is 0 Å². The van der Waals surface area contributed by atoms with Crippen molar-refractivity contribution in [3.63, 3.8) is 0 Å². The lowest BCUT2D eigenvalue weighted by atomic mass is 10.0. The van der Waals surface area contributed by atoms with Crippen molar-refractivity contribution < 1.29 is 23.4 Å². The van der Waals surface area contributed by atoms with Crippen LogP contribution in [-0.2, 0) is 6.42 Å². The molecule has 0 bridgehead atoms. The lowest BCUT2D eigenvalue weighted by Gasteiger charge is -2.14. The number of halogens is 2. The Labute approximate surface area is 121 Å². The average Bonchev–Trinajstić information content (AvgIpc) is 2.48. The summed E-state index contributed by atoms with van der Waals surface area (Å²) in [5.74, 6) is 0.0779. The Morgan fingerprint density at radius 1 is 1.19 bits per heavy atom. The van der Waals surface area contributed by atoms with Gasteiger partial charge in [0.15, 0.2) is 11.5 Å². The van der Waals surface area contributed by atoms with Gasteiger partial charge in [0, 0.05) is 18.3 Å². The Balaban J connectivity index is 2.16. The SMILES string of the molecule is COc1cc(C(O)Cc2ccccn2)ccc1OC(F)F. The van der Waals surface area contributed by atoms with Gasteiger partial charge >= 0.3 is 6.61 Å². The van der Waals surface area contributed by atoms with E-state index >= 15 is 0 Å². The minimum Gasteiger partial charge on any atom is -0.493 e. The minimum absolute atomic E-state index is 0.0683. The third-order valence-corrected chi connectivity index (χ3v) is 2.92. The number of benzene rings is 1. The number of aliphatic hydroxyl groups excluding tert-OH is 1. The van der Waals surface area contributed by atoms with E-state index < -0.39 is 12.7 Å². The molecular weight excluding hydrogens is 280 g/mol. The summed E-state index contributed by atoms with van der Waals surface area (Å²) in [5.41, 5.74) is 1.27. The summed E-state index contributed by atoms with van der Waals surface area (Å²) in [4.78, 5) is 4.13. The fourth-order valence-corrected chi connectivity index (χ4v) is 1.92. The Morgan fingerprint density at radius 2 is 2.00 bits per heavy atom. The van der Waals surface area contributed by atoms with Gasteiger partial charge < -0.3 is 14.6 Å². The highest BCUT2D eigenvalue weighted by molar-refractivity contribution is 5.43. The van der Waals surface area contributed by atoms with Crippen LogP contribution in [0.25, 0.3) is 0 Å². The molecule has 0 fully saturated rings. The summed E-state index contributed by atoms with van der Waals surface area (Å²) >= 11 is 0. The summed E-state index contributed by atoms with van der Waals surface area (Å²) in [6.45, 7) is -2.93. The van der Waals surface area contributed by atoms with Crippen LogP contribution in [0.3, 0.4) is 0 Å². The summed E-state index contributed by atoms with van der Waals surface area (Å²) < 4.78 is 33.8. The normalized spacial score (nSPS) is 12.2. The third kappa shape index (κ3) is 4.13. The number of aliphatic hydroxyl groups is 1. The van der Waals surface area contributed by atoms with Gasteiger partial charge in [-0.15, -0.1) is 0 Å². The van der Waals surface area contributed by atoms with Gasteiger partial charge in [-0.3, -0.25) is 4.98 Å². The molecule has 0 saturated heterocycles. The molecular formula is C15H15F2NO3. The molecule has 0 saturated carbocycles. The monoisotopic (exact) mass is 295 g/mol. The maximum Gasteiger partial charge on any atom is 0.387 e. The Bertz CT molecular complexity index is 578. The molecule has 0 amide bonds. The first-order chi connectivity index (χ1) is 10.1. The number of alkyl halides is 2. The first-order valence-corrected chi connectivity index (χ1v) is 6.31. The Morgan fingerprint density at radius 3 is 2.62 bits per heavy atom. The second-order valence-electron chi connectivity index (χ2n) is 4.33. The van der Waals surface area contributed by atoms with Crippen LogP contribution < -0.4 is 9.47 Å². The molecule has 1 aromatic carbocycles. The van der Waals surface area contributed by atoms with Gasteiger partial charge in [-0.1, -0.05) is 12.1 Å². The number of methoxy groups -OCH3 is 1. The fraction of sp³-hybridized carbons (Fsp3) is 0.267. The lowest BCUT2D eigenvalue weighted by Crippen LogP contribution is -2.06. The summed E-state index contributed by atoms with van der Waals surface area (Å²) in [6.07, 6.45) is 1.15. The maximum absolute atomic E-state index is 12.2. The van der Waals surface area contributed by atoms with Crippen molar-refractivity contribution in [2.24, 2.45) is 0 Å². The minimum atomic E-state index is -2.93. The highest BCUT2D eigenvalue weighted by Crippen LogP contribution is 2.32. The van der Waals surface area contributed by atoms with Crippen LogP contribution in [0.1, 0.15) is 17.4 Å². The number of hydrogen-bond acceptors (Lipinski definition) is 4. The van der Waals surface area contributed by atoms with Crippen molar-refractivity contribution in [3.05, 3.63) is 53.9 Å². The molecule has 0 aliphatic heterocycles. The molecule has 2 rings (SSSR count). The van der Waals surface area contributed by atoms with Crippen LogP contribution >= 0.6 is 0 Å². The van der Waals surface area contributed by atoms with E-state index in [1.807, 2.05) is 6.07 Å². The Hall–Kier alpha value is -2.21. The van der Waals surface area contributed by atoms with E-state index in [0.717, 1.165) is 5.69 Å². The molecule has 112 valence electrons. The van der Waals surface area contributed by atoms with Crippen LogP contribution in [0.15, 0.2) is 42.6 Å². The predicted octanol–water partition coefficient (Wildman–Crippen LogP) is 2.97. The van der Waals surface area contributed by atoms with Crippen molar-refractivity contribution in [1.29, 1.82) is 0 Å². The average molecular weight is 295 g/mol. The molecule has 0 aliphatic carbocycles. The highest BCUT2D eigenvalue weighted by atomic mass is 19.3. The van der Waals surface area contributed by atoms with Gasteiger partial charge in [0.2, 0.25) is 0 Å². The van der Waals surface area contributed by atoms with Crippen LogP contribution in [-0.4, -0.2) is 23.8 Å². The van der Waals surface area contributed by atoms with Crippen LogP contribution in [0.4, 0.5) is 8.78 Å². The Kier molecular flexibility index (Phi) is 5.05. The van der Waals surface area contributed by atoms with Gasteiger partial charge in [0.05, 0.1) is 13.2 Å². The molecule has 0 aliphatic rings. The van der Waals surface area contributed by atoms with Gasteiger partial charge in [0.25, 0.3) is 0 Å². The van der Waals surface area contributed by atoms with E-state index in [4.69, 9.17) is 4.74 Å². The molecule has 2 aromatic rings. The molecule has 1 heterocycles. The number of hydrogen-bond donors (Lipinski definition) is 1. The van der Waals surface area contributed by atoms with E-state index in [-0.39, 0.29) is 11.5 Å². The van der Waals surface area contributed by atoms with E-state index in [0.29, 0.717) is 12.0 Å². The number of pyridine rings is 1. The molecule has 1 atom stereocenters. The van der Waals surface area contributed by atoms with Crippen LogP contribution in [0.5, 0.6) is 11.5 Å². The van der Waals surface area contributed by atoms with E-state index in [2.05, 4.69) is 9.72 Å². The van der Waals surface area contributed by atoms with Gasteiger partial charge in [0.1, 0.15) is 0 Å². The molecule has 1 unspecified atom stereocenters. The summed E-state index contributed by atoms with van der Waals surface area (Å²) in [6, 6.07) is 9.76. The van der Waals surface area contributed by atoms with Crippen molar-refractivity contribution in [1.82, 2.24) is 4.98 Å². The first kappa shape index (κ1) is 15.2. The van der Waals surface area contributed by atoms with Gasteiger partial charge in [-0.2, -0.15) is 8.78 Å². The molecule has 0 radical (unpaired) electrons. The van der Waals surface area contributed by atoms with Crippen molar-refractivity contribution in [3.8, 4) is 11.5 Å². The largest absolute Gasteiger partial charge is 0.493 e. The van der Waals surface area contributed by atoms with E-state index in [1.54, 1.807) is 18.3 Å². The third-order valence-electron chi connectivity index (χ3n) is 2.92. The van der Waals surface area contributed by atoms with E-state index in [1.165, 1.54) is 25.3 Å². The standard InChI is InChI=1S/C15H15F2NO3/c1-20-14-8-10(5-6-13(14)21-15(16)17)12(19)9-11-4-2-3-7-18-11/h2-8,12,15,19H,9H2,1H3. The van der Waals surface area contributed by atoms with Gasteiger partial charge in [-0.25, -0.2) is 0 Å². The highest BCUT2D eigenvalue weighted by Gasteiger charge is 2.15. The molecule has 4 nitrogen and oxygen atoms in total. The number of nitrogens with zero attached hydrogens (tertiary/aromatic N) is 1. The topological polar surface area (TPSA) is 51.6 Å². The summed E-state index contributed by atoms with van der Waals surface area (Å²) in [7, 11) is 1.35. The quantitative estimate of drug-likeness (QED) is 0.890. The zero-order valence-corrected chi connectivity index (χ0v) is 11.4. The smallest absolute Gasteiger partial charge is 0.387 e. The van der Waals surface area contributed by atoms with Crippen molar-refractivity contribution >= 4 is 0 Å². The van der Waals surface area contributed by atoms with E-state index in [9.17, 15) is 13.9 Å². The van der Waals surface area contributed by atoms with Crippen molar-refractivity contribution in [2.75, 3.05) is 7.11 Å². The second-order valence-corrected chi connectivity index (χ2v) is 4.33. The number of ether oxygens (including phenoxy) is 2. The molecule has 1 N–H and O–H groups in total. The number of rotatable bonds is 6. The first-order valence-electron chi connectivity index (χ1n) is 6.31. The predicted molar refractivity (Wildman–Crippen MR) is 72.5 cm³/mol.